The van der Waals surface area contributed by atoms with E-state index in [1.165, 1.54) is 12.3 Å². The van der Waals surface area contributed by atoms with Gasteiger partial charge in [-0.05, 0) is 33.3 Å². The molecule has 1 atom stereocenters. The number of rotatable bonds is 5. The van der Waals surface area contributed by atoms with E-state index in [0.717, 1.165) is 0 Å². The molecule has 6 nitrogen and oxygen atoms in total. The van der Waals surface area contributed by atoms with Gasteiger partial charge in [0.1, 0.15) is 18.0 Å². The Morgan fingerprint density at radius 3 is 2.36 bits per heavy atom. The van der Waals surface area contributed by atoms with Crippen molar-refractivity contribution in [2.75, 3.05) is 6.61 Å². The molecule has 0 aliphatic carbocycles. The summed E-state index contributed by atoms with van der Waals surface area (Å²) in [6, 6.07) is 10.0. The van der Waals surface area contributed by atoms with Crippen molar-refractivity contribution in [2.45, 2.75) is 38.8 Å². The minimum atomic E-state index is -1.57. The average Bonchev–Trinajstić information content (AvgIpc) is 2.53. The molecule has 0 radical (unpaired) electrons. The van der Waals surface area contributed by atoms with Gasteiger partial charge in [-0.3, -0.25) is 4.79 Å². The molecule has 0 amide bonds. The summed E-state index contributed by atoms with van der Waals surface area (Å²) in [5.74, 6) is -0.298. The third kappa shape index (κ3) is 4.48. The van der Waals surface area contributed by atoms with Crippen molar-refractivity contribution in [1.82, 2.24) is 0 Å². The van der Waals surface area contributed by atoms with Gasteiger partial charge in [-0.15, -0.1) is 0 Å². The van der Waals surface area contributed by atoms with Gasteiger partial charge in [0.05, 0.1) is 6.26 Å². The van der Waals surface area contributed by atoms with Crippen molar-refractivity contribution < 1.29 is 18.7 Å². The maximum atomic E-state index is 12.7. The maximum absolute atomic E-state index is 12.7. The van der Waals surface area contributed by atoms with E-state index in [1.54, 1.807) is 52.0 Å². The van der Waals surface area contributed by atoms with Gasteiger partial charge >= 0.3 is 5.97 Å². The first-order valence-corrected chi connectivity index (χ1v) is 7.92. The van der Waals surface area contributed by atoms with E-state index in [0.29, 0.717) is 11.3 Å². The molecule has 0 unspecified atom stereocenters. The SMILES string of the molecule is Cc1occc(=O)c1OC[C@@](N)(C(=O)OC(C)(C)C)c1ccccc1. The van der Waals surface area contributed by atoms with Crippen LogP contribution in [0.15, 0.2) is 51.9 Å². The number of carbonyl (C=O) groups excluding carboxylic acids is 1. The molecule has 25 heavy (non-hydrogen) atoms. The summed E-state index contributed by atoms with van der Waals surface area (Å²) >= 11 is 0. The number of hydrogen-bond donors (Lipinski definition) is 1. The van der Waals surface area contributed by atoms with Crippen LogP contribution < -0.4 is 15.9 Å². The van der Waals surface area contributed by atoms with Crippen LogP contribution >= 0.6 is 0 Å². The highest BCUT2D eigenvalue weighted by Crippen LogP contribution is 2.24. The minimum absolute atomic E-state index is 0.0248. The van der Waals surface area contributed by atoms with E-state index in [9.17, 15) is 9.59 Å². The van der Waals surface area contributed by atoms with Crippen molar-refractivity contribution in [3.63, 3.8) is 0 Å². The van der Waals surface area contributed by atoms with Crippen LogP contribution in [0.1, 0.15) is 32.1 Å². The number of ether oxygens (including phenoxy) is 2. The fraction of sp³-hybridized carbons (Fsp3) is 0.368. The van der Waals surface area contributed by atoms with Crippen LogP contribution in [0.4, 0.5) is 0 Å². The predicted octanol–water partition coefficient (Wildman–Crippen LogP) is 2.52. The van der Waals surface area contributed by atoms with Crippen LogP contribution in [0.25, 0.3) is 0 Å². The monoisotopic (exact) mass is 345 g/mol. The standard InChI is InChI=1S/C19H23NO5/c1-13-16(15(21)10-11-23-13)24-12-19(20,14-8-6-5-7-9-14)17(22)25-18(2,3)4/h5-11H,12,20H2,1-4H3/t19-/m0/s1. The van der Waals surface area contributed by atoms with Gasteiger partial charge in [0.15, 0.2) is 5.54 Å². The van der Waals surface area contributed by atoms with Crippen LogP contribution in [0.3, 0.4) is 0 Å². The topological polar surface area (TPSA) is 91.8 Å². The first kappa shape index (κ1) is 18.7. The van der Waals surface area contributed by atoms with Crippen LogP contribution in [0.5, 0.6) is 5.75 Å². The molecule has 6 heteroatoms. The summed E-state index contributed by atoms with van der Waals surface area (Å²) in [4.78, 5) is 24.7. The average molecular weight is 345 g/mol. The number of carbonyl (C=O) groups is 1. The number of nitrogens with two attached hydrogens (primary N) is 1. The van der Waals surface area contributed by atoms with E-state index in [1.807, 2.05) is 6.07 Å². The Bertz CT molecular complexity index is 791. The lowest BCUT2D eigenvalue weighted by atomic mass is 9.91. The summed E-state index contributed by atoms with van der Waals surface area (Å²) in [5.41, 5.74) is 4.30. The van der Waals surface area contributed by atoms with E-state index in [-0.39, 0.29) is 17.8 Å². The number of esters is 1. The highest BCUT2D eigenvalue weighted by Gasteiger charge is 2.41. The molecule has 0 saturated heterocycles. The zero-order chi connectivity index (χ0) is 18.7. The predicted molar refractivity (Wildman–Crippen MR) is 93.4 cm³/mol. The highest BCUT2D eigenvalue weighted by atomic mass is 16.6. The molecule has 1 aromatic carbocycles. The Morgan fingerprint density at radius 1 is 1.16 bits per heavy atom. The van der Waals surface area contributed by atoms with Gasteiger partial charge in [0.25, 0.3) is 0 Å². The summed E-state index contributed by atoms with van der Waals surface area (Å²) < 4.78 is 16.2. The smallest absolute Gasteiger partial charge is 0.334 e. The zero-order valence-corrected chi connectivity index (χ0v) is 14.9. The quantitative estimate of drug-likeness (QED) is 0.837. The van der Waals surface area contributed by atoms with E-state index in [2.05, 4.69) is 0 Å². The third-order valence-electron chi connectivity index (χ3n) is 3.50. The lowest BCUT2D eigenvalue weighted by Gasteiger charge is -2.31. The molecule has 0 aliphatic rings. The number of aryl methyl sites for hydroxylation is 1. The van der Waals surface area contributed by atoms with Crippen LogP contribution in [-0.4, -0.2) is 18.2 Å². The van der Waals surface area contributed by atoms with Crippen LogP contribution in [0.2, 0.25) is 0 Å². The van der Waals surface area contributed by atoms with Crippen molar-refractivity contribution in [1.29, 1.82) is 0 Å². The van der Waals surface area contributed by atoms with Gasteiger partial charge in [0.2, 0.25) is 11.2 Å². The molecule has 2 N–H and O–H groups in total. The maximum Gasteiger partial charge on any atom is 0.334 e. The summed E-state index contributed by atoms with van der Waals surface area (Å²) in [5, 5.41) is 0. The van der Waals surface area contributed by atoms with Crippen molar-refractivity contribution >= 4 is 5.97 Å². The Morgan fingerprint density at radius 2 is 1.80 bits per heavy atom. The van der Waals surface area contributed by atoms with Gasteiger partial charge < -0.3 is 19.6 Å². The Labute approximate surface area is 146 Å². The third-order valence-corrected chi connectivity index (χ3v) is 3.50. The number of benzene rings is 1. The Balaban J connectivity index is 2.36. The van der Waals surface area contributed by atoms with Crippen molar-refractivity contribution in [2.24, 2.45) is 5.73 Å². The molecule has 2 aromatic rings. The van der Waals surface area contributed by atoms with E-state index >= 15 is 0 Å². The summed E-state index contributed by atoms with van der Waals surface area (Å²) in [6.45, 7) is 6.61. The molecule has 2 rings (SSSR count). The number of hydrogen-bond acceptors (Lipinski definition) is 6. The van der Waals surface area contributed by atoms with E-state index in [4.69, 9.17) is 19.6 Å². The molecule has 134 valence electrons. The van der Waals surface area contributed by atoms with Gasteiger partial charge in [-0.2, -0.15) is 0 Å². The Hall–Kier alpha value is -2.60. The normalized spacial score (nSPS) is 13.8. The molecule has 0 aliphatic heterocycles. The lowest BCUT2D eigenvalue weighted by Crippen LogP contribution is -2.52. The molecule has 0 bridgehead atoms. The van der Waals surface area contributed by atoms with Crippen LogP contribution in [-0.2, 0) is 15.1 Å². The second-order valence-electron chi connectivity index (χ2n) is 6.80. The van der Waals surface area contributed by atoms with Crippen molar-refractivity contribution in [3.8, 4) is 5.75 Å². The molecular formula is C19H23NO5. The Kier molecular flexibility index (Phi) is 5.33. The second-order valence-corrected chi connectivity index (χ2v) is 6.80. The molecule has 0 saturated carbocycles. The lowest BCUT2D eigenvalue weighted by molar-refractivity contribution is -0.163. The van der Waals surface area contributed by atoms with Crippen molar-refractivity contribution in [3.05, 3.63) is 64.2 Å². The van der Waals surface area contributed by atoms with E-state index < -0.39 is 17.1 Å². The largest absolute Gasteiger partial charge is 0.484 e. The first-order chi connectivity index (χ1) is 11.6. The molecule has 0 fully saturated rings. The highest BCUT2D eigenvalue weighted by molar-refractivity contribution is 5.83. The second kappa shape index (κ2) is 7.11. The van der Waals surface area contributed by atoms with Gasteiger partial charge in [0, 0.05) is 6.07 Å². The van der Waals surface area contributed by atoms with Gasteiger partial charge in [-0.25, -0.2) is 4.79 Å². The first-order valence-electron chi connectivity index (χ1n) is 7.92. The fourth-order valence-corrected chi connectivity index (χ4v) is 2.22. The summed E-state index contributed by atoms with van der Waals surface area (Å²) in [7, 11) is 0. The summed E-state index contributed by atoms with van der Waals surface area (Å²) in [6.07, 6.45) is 1.28. The molecule has 0 spiro atoms. The minimum Gasteiger partial charge on any atom is -0.484 e. The molecule has 1 heterocycles. The zero-order valence-electron chi connectivity index (χ0n) is 14.9. The van der Waals surface area contributed by atoms with Crippen LogP contribution in [0, 0.1) is 6.92 Å². The molecular weight excluding hydrogens is 322 g/mol. The van der Waals surface area contributed by atoms with Gasteiger partial charge in [-0.1, -0.05) is 30.3 Å². The fourth-order valence-electron chi connectivity index (χ4n) is 2.22. The molecule has 1 aromatic heterocycles.